The molecule has 7 nitrogen and oxygen atoms in total. The fourth-order valence-corrected chi connectivity index (χ4v) is 5.06. The number of nitrogens with zero attached hydrogens (tertiary/aromatic N) is 5. The predicted octanol–water partition coefficient (Wildman–Crippen LogP) is 2.36. The summed E-state index contributed by atoms with van der Waals surface area (Å²) in [5, 5.41) is 2.01. The summed E-state index contributed by atoms with van der Waals surface area (Å²) in [6.45, 7) is 6.11. The number of imidazole rings is 1. The normalized spacial score (nSPS) is 24.3. The Morgan fingerprint density at radius 1 is 1.10 bits per heavy atom. The molecule has 0 radical (unpaired) electrons. The lowest BCUT2D eigenvalue weighted by atomic mass is 9.95. The van der Waals surface area contributed by atoms with Crippen LogP contribution in [0.5, 0.6) is 0 Å². The zero-order valence-corrected chi connectivity index (χ0v) is 17.6. The van der Waals surface area contributed by atoms with Gasteiger partial charge in [-0.15, -0.1) is 0 Å². The molecule has 8 heteroatoms. The molecule has 1 unspecified atom stereocenters. The number of morpholine rings is 1. The van der Waals surface area contributed by atoms with E-state index in [9.17, 15) is 4.79 Å². The number of piperidine rings is 1. The number of hydrogen-bond acceptors (Lipinski definition) is 6. The summed E-state index contributed by atoms with van der Waals surface area (Å²) in [7, 11) is 0. The highest BCUT2D eigenvalue weighted by Gasteiger charge is 2.31. The van der Waals surface area contributed by atoms with Gasteiger partial charge in [-0.2, -0.15) is 0 Å². The first-order valence-corrected chi connectivity index (χ1v) is 11.6. The van der Waals surface area contributed by atoms with Crippen LogP contribution in [0.4, 0.5) is 0 Å². The molecule has 0 bridgehead atoms. The highest BCUT2D eigenvalue weighted by molar-refractivity contribution is 7.03. The van der Waals surface area contributed by atoms with Crippen molar-refractivity contribution in [2.45, 2.75) is 38.3 Å². The number of amides is 1. The van der Waals surface area contributed by atoms with Crippen molar-refractivity contribution in [2.24, 2.45) is 11.8 Å². The number of carbonyl (C=O) groups is 1. The van der Waals surface area contributed by atoms with Crippen LogP contribution in [0.2, 0.25) is 0 Å². The fourth-order valence-electron chi connectivity index (χ4n) is 4.55. The minimum atomic E-state index is 0.00204. The lowest BCUT2D eigenvalue weighted by molar-refractivity contribution is -0.150. The quantitative estimate of drug-likeness (QED) is 0.695. The summed E-state index contributed by atoms with van der Waals surface area (Å²) in [5.41, 5.74) is 1.03. The highest BCUT2D eigenvalue weighted by Crippen LogP contribution is 2.31. The van der Waals surface area contributed by atoms with Crippen molar-refractivity contribution in [3.05, 3.63) is 24.0 Å². The van der Waals surface area contributed by atoms with E-state index in [2.05, 4.69) is 18.8 Å². The third-order valence-corrected chi connectivity index (χ3v) is 7.01. The summed E-state index contributed by atoms with van der Waals surface area (Å²) in [4.78, 5) is 21.6. The van der Waals surface area contributed by atoms with Crippen molar-refractivity contribution >= 4 is 17.4 Å². The van der Waals surface area contributed by atoms with Crippen LogP contribution >= 0.6 is 11.5 Å². The molecular weight excluding hydrogens is 386 g/mol. The van der Waals surface area contributed by atoms with Crippen LogP contribution in [-0.4, -0.2) is 75.1 Å². The first-order valence-electron chi connectivity index (χ1n) is 10.8. The summed E-state index contributed by atoms with van der Waals surface area (Å²) in [6, 6.07) is 0. The molecule has 0 N–H and O–H groups in total. The van der Waals surface area contributed by atoms with Gasteiger partial charge in [0, 0.05) is 43.0 Å². The topological polar surface area (TPSA) is 63.5 Å². The Bertz CT molecular complexity index is 811. The van der Waals surface area contributed by atoms with E-state index in [0.717, 1.165) is 23.9 Å². The van der Waals surface area contributed by atoms with Crippen molar-refractivity contribution in [3.63, 3.8) is 0 Å². The Labute approximate surface area is 175 Å². The Morgan fingerprint density at radius 2 is 1.93 bits per heavy atom. The first kappa shape index (κ1) is 19.2. The van der Waals surface area contributed by atoms with Gasteiger partial charge in [0.15, 0.2) is 0 Å². The van der Waals surface area contributed by atoms with E-state index in [1.54, 1.807) is 0 Å². The maximum absolute atomic E-state index is 12.5. The first-order chi connectivity index (χ1) is 14.2. The Balaban J connectivity index is 1.15. The van der Waals surface area contributed by atoms with Crippen LogP contribution < -0.4 is 0 Å². The summed E-state index contributed by atoms with van der Waals surface area (Å²) in [6.07, 6.45) is 10.9. The zero-order chi connectivity index (χ0) is 19.6. The van der Waals surface area contributed by atoms with Gasteiger partial charge >= 0.3 is 0 Å². The second kappa shape index (κ2) is 8.53. The molecule has 2 aliphatic heterocycles. The summed E-state index contributed by atoms with van der Waals surface area (Å²) < 4.78 is 12.2. The van der Waals surface area contributed by atoms with Crippen LogP contribution in [-0.2, 0) is 16.1 Å². The zero-order valence-electron chi connectivity index (χ0n) is 16.8. The van der Waals surface area contributed by atoms with Gasteiger partial charge < -0.3 is 19.1 Å². The SMILES string of the molecule is O=C1COC(Cn2ccnc2-c2cnsc2)CN1CC1CCN(CC2CC2)CC1. The monoisotopic (exact) mass is 415 g/mol. The van der Waals surface area contributed by atoms with E-state index < -0.39 is 0 Å². The van der Waals surface area contributed by atoms with Crippen LogP contribution in [0.15, 0.2) is 24.0 Å². The van der Waals surface area contributed by atoms with Crippen molar-refractivity contribution in [1.82, 2.24) is 23.7 Å². The maximum Gasteiger partial charge on any atom is 0.248 e. The van der Waals surface area contributed by atoms with E-state index in [-0.39, 0.29) is 18.6 Å². The molecule has 0 spiro atoms. The Morgan fingerprint density at radius 3 is 2.69 bits per heavy atom. The van der Waals surface area contributed by atoms with Crippen LogP contribution in [0.1, 0.15) is 25.7 Å². The molecule has 1 aliphatic carbocycles. The third-order valence-electron chi connectivity index (χ3n) is 6.42. The van der Waals surface area contributed by atoms with E-state index in [1.165, 1.54) is 56.9 Å². The molecular formula is C21H29N5O2S. The molecule has 2 aromatic heterocycles. The summed E-state index contributed by atoms with van der Waals surface area (Å²) >= 11 is 1.43. The maximum atomic E-state index is 12.5. The molecule has 2 saturated heterocycles. The van der Waals surface area contributed by atoms with Crippen LogP contribution in [0.3, 0.4) is 0 Å². The van der Waals surface area contributed by atoms with Crippen molar-refractivity contribution in [2.75, 3.05) is 39.3 Å². The molecule has 1 saturated carbocycles. The smallest absolute Gasteiger partial charge is 0.248 e. The van der Waals surface area contributed by atoms with Gasteiger partial charge in [0.1, 0.15) is 12.4 Å². The second-order valence-corrected chi connectivity index (χ2v) is 9.39. The van der Waals surface area contributed by atoms with E-state index in [4.69, 9.17) is 4.74 Å². The standard InChI is InChI=1S/C21H29N5O2S/c27-20-14-28-19(12-25-8-5-22-21(25)18-9-23-29-15-18)13-26(20)11-17-3-6-24(7-4-17)10-16-1-2-16/h5,8-9,15-17,19H,1-4,6-7,10-14H2. The highest BCUT2D eigenvalue weighted by atomic mass is 32.1. The van der Waals surface area contributed by atoms with Crippen LogP contribution in [0, 0.1) is 11.8 Å². The van der Waals surface area contributed by atoms with Gasteiger partial charge in [-0.3, -0.25) is 4.79 Å². The summed E-state index contributed by atoms with van der Waals surface area (Å²) in [5.74, 6) is 2.63. The number of rotatable bonds is 7. The van der Waals surface area contributed by atoms with Gasteiger partial charge in [0.05, 0.1) is 18.8 Å². The molecule has 156 valence electrons. The van der Waals surface area contributed by atoms with Crippen molar-refractivity contribution < 1.29 is 9.53 Å². The van der Waals surface area contributed by atoms with Gasteiger partial charge in [-0.05, 0) is 62.1 Å². The second-order valence-electron chi connectivity index (χ2n) is 8.74. The molecule has 29 heavy (non-hydrogen) atoms. The number of hydrogen-bond donors (Lipinski definition) is 0. The van der Waals surface area contributed by atoms with Crippen molar-refractivity contribution in [1.29, 1.82) is 0 Å². The molecule has 0 aromatic carbocycles. The lowest BCUT2D eigenvalue weighted by Gasteiger charge is -2.38. The molecule has 1 amide bonds. The molecule has 5 rings (SSSR count). The number of carbonyl (C=O) groups excluding carboxylic acids is 1. The molecule has 4 heterocycles. The lowest BCUT2D eigenvalue weighted by Crippen LogP contribution is -2.50. The third kappa shape index (κ3) is 4.70. The van der Waals surface area contributed by atoms with Gasteiger partial charge in [0.25, 0.3) is 0 Å². The fraction of sp³-hybridized carbons (Fsp3) is 0.667. The van der Waals surface area contributed by atoms with Crippen molar-refractivity contribution in [3.8, 4) is 11.4 Å². The van der Waals surface area contributed by atoms with Gasteiger partial charge in [0.2, 0.25) is 5.91 Å². The van der Waals surface area contributed by atoms with Crippen LogP contribution in [0.25, 0.3) is 11.4 Å². The predicted molar refractivity (Wildman–Crippen MR) is 112 cm³/mol. The van der Waals surface area contributed by atoms with E-state index in [0.29, 0.717) is 19.0 Å². The molecule has 2 aromatic rings. The van der Waals surface area contributed by atoms with Gasteiger partial charge in [-0.25, -0.2) is 9.36 Å². The Hall–Kier alpha value is -1.77. The molecule has 3 aliphatic rings. The number of likely N-dealkylation sites (tertiary alicyclic amines) is 1. The largest absolute Gasteiger partial charge is 0.365 e. The minimum Gasteiger partial charge on any atom is -0.365 e. The Kier molecular flexibility index (Phi) is 5.65. The van der Waals surface area contributed by atoms with E-state index >= 15 is 0 Å². The molecule has 3 fully saturated rings. The number of ether oxygens (including phenoxy) is 1. The number of aromatic nitrogens is 3. The molecule has 1 atom stereocenters. The van der Waals surface area contributed by atoms with Gasteiger partial charge in [-0.1, -0.05) is 0 Å². The minimum absolute atomic E-state index is 0.00204. The average molecular weight is 416 g/mol. The van der Waals surface area contributed by atoms with E-state index in [1.807, 2.05) is 28.9 Å². The average Bonchev–Trinajstić information content (AvgIpc) is 3.17.